The summed E-state index contributed by atoms with van der Waals surface area (Å²) in [6.45, 7) is 3.34. The average molecular weight is 257 g/mol. The Morgan fingerprint density at radius 3 is 2.59 bits per heavy atom. The molecule has 0 unspecified atom stereocenters. The number of carbonyl (C=O) groups excluding carboxylic acids is 1. The van der Waals surface area contributed by atoms with Gasteiger partial charge in [0.15, 0.2) is 0 Å². The van der Waals surface area contributed by atoms with Crippen LogP contribution in [0.15, 0.2) is 0 Å². The number of nitrogens with two attached hydrogens (primary N) is 1. The van der Waals surface area contributed by atoms with E-state index in [1.807, 2.05) is 11.9 Å². The summed E-state index contributed by atoms with van der Waals surface area (Å²) in [5, 5.41) is 0. The summed E-state index contributed by atoms with van der Waals surface area (Å²) >= 11 is 4.82. The Morgan fingerprint density at radius 2 is 2.00 bits per heavy atom. The molecule has 0 aromatic rings. The highest BCUT2D eigenvalue weighted by molar-refractivity contribution is 7.80. The fraction of sp³-hybridized carbons (Fsp3) is 0.833. The van der Waals surface area contributed by atoms with Gasteiger partial charge in [-0.15, -0.1) is 0 Å². The smallest absolute Gasteiger partial charge is 0.236 e. The maximum Gasteiger partial charge on any atom is 0.236 e. The van der Waals surface area contributed by atoms with Crippen LogP contribution in [0.25, 0.3) is 0 Å². The van der Waals surface area contributed by atoms with Gasteiger partial charge in [-0.1, -0.05) is 12.2 Å². The lowest BCUT2D eigenvalue weighted by molar-refractivity contribution is -0.131. The minimum absolute atomic E-state index is 0.263. The van der Waals surface area contributed by atoms with Crippen LogP contribution in [0, 0.1) is 0 Å². The fourth-order valence-electron chi connectivity index (χ4n) is 2.06. The van der Waals surface area contributed by atoms with Gasteiger partial charge in [-0.25, -0.2) is 0 Å². The maximum atomic E-state index is 11.8. The topological polar surface area (TPSA) is 49.6 Å². The number of likely N-dealkylation sites (N-methyl/N-ethyl adjacent to an activating group) is 1. The summed E-state index contributed by atoms with van der Waals surface area (Å²) in [7, 11) is 1.99. The molecular weight excluding hydrogens is 234 g/mol. The highest BCUT2D eigenvalue weighted by Gasteiger charge is 2.18. The lowest BCUT2D eigenvalue weighted by atomic mass is 10.2. The van der Waals surface area contributed by atoms with E-state index in [0.29, 0.717) is 11.5 Å². The van der Waals surface area contributed by atoms with E-state index >= 15 is 0 Å². The van der Waals surface area contributed by atoms with Gasteiger partial charge in [0.1, 0.15) is 0 Å². The molecular formula is C12H23N3OS. The summed E-state index contributed by atoms with van der Waals surface area (Å²) in [5.74, 6) is 0.263. The number of amides is 1. The molecule has 1 amide bonds. The molecule has 4 nitrogen and oxygen atoms in total. The van der Waals surface area contributed by atoms with E-state index in [1.165, 1.54) is 0 Å². The van der Waals surface area contributed by atoms with Crippen molar-refractivity contribution in [3.05, 3.63) is 0 Å². The van der Waals surface area contributed by atoms with Crippen LogP contribution in [-0.4, -0.2) is 53.9 Å². The van der Waals surface area contributed by atoms with Crippen LogP contribution in [0.5, 0.6) is 0 Å². The van der Waals surface area contributed by atoms with Crippen LogP contribution in [0.2, 0.25) is 0 Å². The molecule has 2 N–H and O–H groups in total. The Hall–Kier alpha value is -0.680. The molecule has 5 heteroatoms. The Labute approximate surface area is 109 Å². The van der Waals surface area contributed by atoms with Crippen LogP contribution in [0.1, 0.15) is 32.1 Å². The molecule has 98 valence electrons. The lowest BCUT2D eigenvalue weighted by Gasteiger charge is -2.21. The normalized spacial score (nSPS) is 15.5. The predicted molar refractivity (Wildman–Crippen MR) is 73.9 cm³/mol. The molecule has 1 fully saturated rings. The van der Waals surface area contributed by atoms with Crippen molar-refractivity contribution < 1.29 is 4.79 Å². The second-order valence-corrected chi connectivity index (χ2v) is 5.27. The predicted octanol–water partition coefficient (Wildman–Crippen LogP) is 0.997. The quantitative estimate of drug-likeness (QED) is 0.546. The number of hydrogen-bond acceptors (Lipinski definition) is 3. The molecule has 0 saturated carbocycles. The molecule has 1 aliphatic rings. The van der Waals surface area contributed by atoms with Crippen molar-refractivity contribution in [2.45, 2.75) is 32.1 Å². The number of carbonyl (C=O) groups is 1. The van der Waals surface area contributed by atoms with E-state index in [-0.39, 0.29) is 5.91 Å². The van der Waals surface area contributed by atoms with E-state index in [0.717, 1.165) is 51.7 Å². The first-order valence-electron chi connectivity index (χ1n) is 6.34. The monoisotopic (exact) mass is 257 g/mol. The first-order chi connectivity index (χ1) is 8.09. The average Bonchev–Trinajstić information content (AvgIpc) is 2.77. The molecule has 0 radical (unpaired) electrons. The Balaban J connectivity index is 2.09. The molecule has 1 rings (SSSR count). The molecule has 1 saturated heterocycles. The molecule has 1 aliphatic heterocycles. The lowest BCUT2D eigenvalue weighted by Crippen LogP contribution is -2.37. The first-order valence-corrected chi connectivity index (χ1v) is 6.75. The minimum Gasteiger partial charge on any atom is -0.393 e. The zero-order chi connectivity index (χ0) is 12.7. The van der Waals surface area contributed by atoms with Gasteiger partial charge < -0.3 is 10.6 Å². The first kappa shape index (κ1) is 14.4. The Bertz CT molecular complexity index is 264. The number of rotatable bonds is 7. The van der Waals surface area contributed by atoms with Gasteiger partial charge in [0.2, 0.25) is 5.91 Å². The Kier molecular flexibility index (Phi) is 6.44. The zero-order valence-corrected chi connectivity index (χ0v) is 11.5. The largest absolute Gasteiger partial charge is 0.393 e. The number of hydrogen-bond donors (Lipinski definition) is 1. The number of unbranched alkanes of at least 4 members (excludes halogenated alkanes) is 1. The van der Waals surface area contributed by atoms with E-state index in [2.05, 4.69) is 4.90 Å². The molecule has 0 aromatic heterocycles. The van der Waals surface area contributed by atoms with Gasteiger partial charge in [0, 0.05) is 13.1 Å². The number of likely N-dealkylation sites (tertiary alicyclic amines) is 1. The third-order valence-electron chi connectivity index (χ3n) is 3.08. The van der Waals surface area contributed by atoms with Gasteiger partial charge in [0.05, 0.1) is 11.5 Å². The highest BCUT2D eigenvalue weighted by atomic mass is 32.1. The summed E-state index contributed by atoms with van der Waals surface area (Å²) in [6.07, 6.45) is 5.18. The standard InChI is InChI=1S/C12H23N3OS/c1-14(7-3-2-6-11(13)17)10-12(16)15-8-4-5-9-15/h2-10H2,1H3,(H2,13,17). The van der Waals surface area contributed by atoms with Gasteiger partial charge in [-0.2, -0.15) is 0 Å². The van der Waals surface area contributed by atoms with Crippen molar-refractivity contribution in [3.63, 3.8) is 0 Å². The molecule has 0 atom stereocenters. The van der Waals surface area contributed by atoms with Crippen molar-refractivity contribution in [3.8, 4) is 0 Å². The fourth-order valence-corrected chi connectivity index (χ4v) is 2.20. The molecule has 0 aliphatic carbocycles. The van der Waals surface area contributed by atoms with Gasteiger partial charge in [0.25, 0.3) is 0 Å². The van der Waals surface area contributed by atoms with Crippen LogP contribution >= 0.6 is 12.2 Å². The van der Waals surface area contributed by atoms with Crippen LogP contribution in [-0.2, 0) is 4.79 Å². The van der Waals surface area contributed by atoms with Gasteiger partial charge >= 0.3 is 0 Å². The molecule has 17 heavy (non-hydrogen) atoms. The van der Waals surface area contributed by atoms with Crippen molar-refractivity contribution in [1.82, 2.24) is 9.80 Å². The zero-order valence-electron chi connectivity index (χ0n) is 10.7. The molecule has 1 heterocycles. The van der Waals surface area contributed by atoms with Crippen LogP contribution < -0.4 is 5.73 Å². The van der Waals surface area contributed by atoms with Crippen LogP contribution in [0.3, 0.4) is 0 Å². The second-order valence-electron chi connectivity index (χ2n) is 4.75. The molecule has 0 bridgehead atoms. The summed E-state index contributed by atoms with van der Waals surface area (Å²) in [4.78, 5) is 16.5. The van der Waals surface area contributed by atoms with Gasteiger partial charge in [-0.05, 0) is 45.7 Å². The van der Waals surface area contributed by atoms with Crippen molar-refractivity contribution >= 4 is 23.1 Å². The SMILES string of the molecule is CN(CCCCC(N)=S)CC(=O)N1CCCC1. The minimum atomic E-state index is 0.263. The van der Waals surface area contributed by atoms with Crippen molar-refractivity contribution in [2.24, 2.45) is 5.73 Å². The Morgan fingerprint density at radius 1 is 1.35 bits per heavy atom. The summed E-state index contributed by atoms with van der Waals surface area (Å²) in [6, 6.07) is 0. The van der Waals surface area contributed by atoms with Crippen molar-refractivity contribution in [1.29, 1.82) is 0 Å². The number of thiocarbonyl (C=S) groups is 1. The maximum absolute atomic E-state index is 11.8. The van der Waals surface area contributed by atoms with E-state index in [4.69, 9.17) is 18.0 Å². The molecule has 0 spiro atoms. The highest BCUT2D eigenvalue weighted by Crippen LogP contribution is 2.08. The molecule has 0 aromatic carbocycles. The van der Waals surface area contributed by atoms with E-state index < -0.39 is 0 Å². The number of nitrogens with zero attached hydrogens (tertiary/aromatic N) is 2. The summed E-state index contributed by atoms with van der Waals surface area (Å²) < 4.78 is 0. The van der Waals surface area contributed by atoms with Crippen molar-refractivity contribution in [2.75, 3.05) is 33.2 Å². The third kappa shape index (κ3) is 5.98. The van der Waals surface area contributed by atoms with Crippen LogP contribution in [0.4, 0.5) is 0 Å². The summed E-state index contributed by atoms with van der Waals surface area (Å²) in [5.41, 5.74) is 5.43. The van der Waals surface area contributed by atoms with Gasteiger partial charge in [-0.3, -0.25) is 9.69 Å². The van der Waals surface area contributed by atoms with E-state index in [1.54, 1.807) is 0 Å². The second kappa shape index (κ2) is 7.61. The van der Waals surface area contributed by atoms with E-state index in [9.17, 15) is 4.79 Å². The third-order valence-corrected chi connectivity index (χ3v) is 3.28.